The molecule has 21 heavy (non-hydrogen) atoms. The quantitative estimate of drug-likeness (QED) is 0.675. The summed E-state index contributed by atoms with van der Waals surface area (Å²) in [6, 6.07) is 9.45. The molecule has 0 bridgehead atoms. The van der Waals surface area contributed by atoms with Gasteiger partial charge in [-0.2, -0.15) is 0 Å². The van der Waals surface area contributed by atoms with Crippen LogP contribution in [0, 0.1) is 15.9 Å². The second kappa shape index (κ2) is 6.00. The minimum absolute atomic E-state index is 0.0552. The Morgan fingerprint density at radius 3 is 2.57 bits per heavy atom. The molecule has 0 unspecified atom stereocenters. The lowest BCUT2D eigenvalue weighted by Gasteiger charge is -2.09. The molecule has 0 spiro atoms. The van der Waals surface area contributed by atoms with Gasteiger partial charge >= 0.3 is 5.97 Å². The molecule has 0 fully saturated rings. The van der Waals surface area contributed by atoms with Crippen LogP contribution in [-0.2, 0) is 6.61 Å². The fourth-order valence-electron chi connectivity index (χ4n) is 1.82. The maximum absolute atomic E-state index is 13.4. The second-order valence-corrected chi connectivity index (χ2v) is 4.09. The van der Waals surface area contributed by atoms with Crippen molar-refractivity contribution in [2.24, 2.45) is 0 Å². The van der Waals surface area contributed by atoms with Gasteiger partial charge in [0.25, 0.3) is 5.69 Å². The molecular weight excluding hydrogens is 281 g/mol. The highest BCUT2D eigenvalue weighted by atomic mass is 19.1. The lowest BCUT2D eigenvalue weighted by molar-refractivity contribution is -0.385. The number of nitro groups is 1. The van der Waals surface area contributed by atoms with Crippen LogP contribution in [0.2, 0.25) is 0 Å². The summed E-state index contributed by atoms with van der Waals surface area (Å²) in [6.45, 7) is -0.287. The second-order valence-electron chi connectivity index (χ2n) is 4.09. The number of hydrogen-bond acceptors (Lipinski definition) is 4. The van der Waals surface area contributed by atoms with E-state index < -0.39 is 28.0 Å². The first-order valence-electron chi connectivity index (χ1n) is 5.87. The number of carboxylic acid groups (broad SMARTS) is 1. The van der Waals surface area contributed by atoms with Gasteiger partial charge in [0.15, 0.2) is 11.6 Å². The van der Waals surface area contributed by atoms with Crippen LogP contribution < -0.4 is 4.74 Å². The molecular formula is C14H10FNO5. The average molecular weight is 291 g/mol. The molecule has 7 heteroatoms. The van der Waals surface area contributed by atoms with Crippen LogP contribution in [0.15, 0.2) is 42.5 Å². The molecule has 0 aliphatic carbocycles. The number of ether oxygens (including phenoxy) is 1. The van der Waals surface area contributed by atoms with E-state index in [4.69, 9.17) is 9.84 Å². The fourth-order valence-corrected chi connectivity index (χ4v) is 1.82. The van der Waals surface area contributed by atoms with Crippen LogP contribution in [-0.4, -0.2) is 16.0 Å². The molecule has 0 radical (unpaired) electrons. The van der Waals surface area contributed by atoms with E-state index in [0.717, 1.165) is 6.07 Å². The zero-order valence-electron chi connectivity index (χ0n) is 10.7. The van der Waals surface area contributed by atoms with Crippen molar-refractivity contribution in [3.63, 3.8) is 0 Å². The number of halogens is 1. The van der Waals surface area contributed by atoms with Crippen molar-refractivity contribution >= 4 is 11.7 Å². The predicted octanol–water partition coefficient (Wildman–Crippen LogP) is 3.01. The zero-order valence-corrected chi connectivity index (χ0v) is 10.7. The Labute approximate surface area is 118 Å². The summed E-state index contributed by atoms with van der Waals surface area (Å²) in [7, 11) is 0. The van der Waals surface area contributed by atoms with Gasteiger partial charge in [0, 0.05) is 11.6 Å². The highest BCUT2D eigenvalue weighted by molar-refractivity contribution is 5.94. The Balaban J connectivity index is 2.32. The molecule has 0 saturated heterocycles. The topological polar surface area (TPSA) is 89.7 Å². The highest BCUT2D eigenvalue weighted by Gasteiger charge is 2.23. The van der Waals surface area contributed by atoms with E-state index in [2.05, 4.69) is 0 Å². The molecule has 0 atom stereocenters. The molecule has 0 aliphatic rings. The number of aromatic carboxylic acids is 1. The first-order valence-corrected chi connectivity index (χ1v) is 5.87. The Morgan fingerprint density at radius 2 is 1.95 bits per heavy atom. The molecule has 1 N–H and O–H groups in total. The van der Waals surface area contributed by atoms with Crippen molar-refractivity contribution in [1.29, 1.82) is 0 Å². The Morgan fingerprint density at radius 1 is 1.24 bits per heavy atom. The van der Waals surface area contributed by atoms with Crippen molar-refractivity contribution in [3.8, 4) is 5.75 Å². The van der Waals surface area contributed by atoms with Gasteiger partial charge in [0.1, 0.15) is 12.2 Å². The van der Waals surface area contributed by atoms with Crippen molar-refractivity contribution in [2.75, 3.05) is 0 Å². The summed E-state index contributed by atoms with van der Waals surface area (Å²) in [5.41, 5.74) is -0.893. The number of carbonyl (C=O) groups is 1. The molecule has 0 heterocycles. The Hall–Kier alpha value is -2.96. The molecule has 2 aromatic carbocycles. The van der Waals surface area contributed by atoms with E-state index >= 15 is 0 Å². The lowest BCUT2D eigenvalue weighted by atomic mass is 10.1. The van der Waals surface area contributed by atoms with Gasteiger partial charge in [0.2, 0.25) is 0 Å². The zero-order chi connectivity index (χ0) is 15.4. The third-order valence-electron chi connectivity index (χ3n) is 2.76. The molecule has 2 rings (SSSR count). The molecule has 0 amide bonds. The van der Waals surface area contributed by atoms with E-state index in [9.17, 15) is 19.3 Å². The summed E-state index contributed by atoms with van der Waals surface area (Å²) in [5, 5.41) is 20.0. The molecule has 0 aromatic heterocycles. The minimum Gasteiger partial charge on any atom is -0.486 e. The van der Waals surface area contributed by atoms with Gasteiger partial charge in [-0.05, 0) is 12.1 Å². The summed E-state index contributed by atoms with van der Waals surface area (Å²) in [5.74, 6) is -2.09. The van der Waals surface area contributed by atoms with Gasteiger partial charge in [-0.1, -0.05) is 24.3 Å². The minimum atomic E-state index is -1.44. The van der Waals surface area contributed by atoms with E-state index in [1.807, 2.05) is 0 Å². The van der Waals surface area contributed by atoms with Crippen molar-refractivity contribution in [2.45, 2.75) is 6.61 Å². The van der Waals surface area contributed by atoms with E-state index in [1.165, 1.54) is 30.3 Å². The predicted molar refractivity (Wildman–Crippen MR) is 70.8 cm³/mol. The molecule has 108 valence electrons. The average Bonchev–Trinajstić information content (AvgIpc) is 2.45. The van der Waals surface area contributed by atoms with Crippen molar-refractivity contribution in [1.82, 2.24) is 0 Å². The SMILES string of the molecule is O=C(O)c1c(COc2ccccc2F)cccc1[N+](=O)[O-]. The highest BCUT2D eigenvalue weighted by Crippen LogP contribution is 2.24. The Bertz CT molecular complexity index is 702. The van der Waals surface area contributed by atoms with Gasteiger partial charge in [0.05, 0.1) is 4.92 Å². The van der Waals surface area contributed by atoms with Gasteiger partial charge < -0.3 is 9.84 Å². The maximum atomic E-state index is 13.4. The van der Waals surface area contributed by atoms with Crippen molar-refractivity contribution < 1.29 is 24.0 Å². The number of nitrogens with zero attached hydrogens (tertiary/aromatic N) is 1. The van der Waals surface area contributed by atoms with Crippen LogP contribution >= 0.6 is 0 Å². The number of nitro benzene ring substituents is 1. The third kappa shape index (κ3) is 3.14. The van der Waals surface area contributed by atoms with Gasteiger partial charge in [-0.15, -0.1) is 0 Å². The first-order chi connectivity index (χ1) is 10.0. The number of para-hydroxylation sites is 1. The Kier molecular flexibility index (Phi) is 4.13. The normalized spacial score (nSPS) is 10.1. The number of hydrogen-bond donors (Lipinski definition) is 1. The van der Waals surface area contributed by atoms with Crippen LogP contribution in [0.1, 0.15) is 15.9 Å². The summed E-state index contributed by atoms with van der Waals surface area (Å²) >= 11 is 0. The summed E-state index contributed by atoms with van der Waals surface area (Å²) in [6.07, 6.45) is 0. The van der Waals surface area contributed by atoms with Crippen LogP contribution in [0.3, 0.4) is 0 Å². The van der Waals surface area contributed by atoms with Gasteiger partial charge in [-0.25, -0.2) is 9.18 Å². The summed E-state index contributed by atoms with van der Waals surface area (Å²) < 4.78 is 18.6. The van der Waals surface area contributed by atoms with Gasteiger partial charge in [-0.3, -0.25) is 10.1 Å². The first kappa shape index (κ1) is 14.4. The van der Waals surface area contributed by atoms with Crippen molar-refractivity contribution in [3.05, 3.63) is 69.5 Å². The molecule has 2 aromatic rings. The summed E-state index contributed by atoms with van der Waals surface area (Å²) in [4.78, 5) is 21.3. The largest absolute Gasteiger partial charge is 0.486 e. The maximum Gasteiger partial charge on any atom is 0.343 e. The van der Waals surface area contributed by atoms with Crippen LogP contribution in [0.5, 0.6) is 5.75 Å². The number of benzene rings is 2. The molecule has 6 nitrogen and oxygen atoms in total. The smallest absolute Gasteiger partial charge is 0.343 e. The molecule has 0 aliphatic heterocycles. The number of rotatable bonds is 5. The van der Waals surface area contributed by atoms with Crippen LogP contribution in [0.25, 0.3) is 0 Å². The standard InChI is InChI=1S/C14H10FNO5/c15-10-5-1-2-7-12(10)21-8-9-4-3-6-11(16(19)20)13(9)14(17)18/h1-7H,8H2,(H,17,18). The molecule has 0 saturated carbocycles. The number of carboxylic acids is 1. The van der Waals surface area contributed by atoms with E-state index in [-0.39, 0.29) is 17.9 Å². The fraction of sp³-hybridized carbons (Fsp3) is 0.0714. The van der Waals surface area contributed by atoms with E-state index in [0.29, 0.717) is 0 Å². The monoisotopic (exact) mass is 291 g/mol. The lowest BCUT2D eigenvalue weighted by Crippen LogP contribution is -2.09. The van der Waals surface area contributed by atoms with E-state index in [1.54, 1.807) is 6.07 Å². The van der Waals surface area contributed by atoms with Crippen LogP contribution in [0.4, 0.5) is 10.1 Å². The third-order valence-corrected chi connectivity index (χ3v) is 2.76.